The number of aromatic nitrogens is 2. The van der Waals surface area contributed by atoms with E-state index in [0.717, 1.165) is 25.3 Å². The van der Waals surface area contributed by atoms with Crippen molar-refractivity contribution in [2.75, 3.05) is 6.54 Å². The molecule has 2 N–H and O–H groups in total. The monoisotopic (exact) mass is 293 g/mol. The Balaban J connectivity index is 1.76. The van der Waals surface area contributed by atoms with Gasteiger partial charge in [0.05, 0.1) is 0 Å². The van der Waals surface area contributed by atoms with Crippen LogP contribution in [0.5, 0.6) is 0 Å². The van der Waals surface area contributed by atoms with Crippen molar-refractivity contribution in [1.82, 2.24) is 10.1 Å². The van der Waals surface area contributed by atoms with E-state index in [1.807, 2.05) is 0 Å². The lowest BCUT2D eigenvalue weighted by molar-refractivity contribution is 0.323. The molecule has 1 aliphatic rings. The summed E-state index contributed by atoms with van der Waals surface area (Å²) in [5, 5.41) is 3.90. The van der Waals surface area contributed by atoms with Gasteiger partial charge in [-0.1, -0.05) is 17.6 Å². The van der Waals surface area contributed by atoms with Gasteiger partial charge < -0.3 is 10.3 Å². The van der Waals surface area contributed by atoms with Crippen LogP contribution >= 0.6 is 0 Å². The molecule has 2 atom stereocenters. The number of rotatable bonds is 4. The summed E-state index contributed by atoms with van der Waals surface area (Å²) in [7, 11) is 0. The van der Waals surface area contributed by atoms with Gasteiger partial charge in [-0.3, -0.25) is 0 Å². The summed E-state index contributed by atoms with van der Waals surface area (Å²) < 4.78 is 31.8. The summed E-state index contributed by atoms with van der Waals surface area (Å²) in [5.41, 5.74) is 6.10. The Morgan fingerprint density at radius 1 is 1.29 bits per heavy atom. The van der Waals surface area contributed by atoms with E-state index in [2.05, 4.69) is 10.1 Å². The number of halogens is 2. The highest BCUT2D eigenvalue weighted by Gasteiger charge is 2.31. The SMILES string of the molecule is NCC1CCCC1c1nc(Cc2ccc(F)cc2F)no1. The van der Waals surface area contributed by atoms with Crippen LogP contribution < -0.4 is 5.73 Å². The van der Waals surface area contributed by atoms with E-state index in [1.54, 1.807) is 0 Å². The largest absolute Gasteiger partial charge is 0.339 e. The van der Waals surface area contributed by atoms with Crippen molar-refractivity contribution in [3.8, 4) is 0 Å². The molecule has 112 valence electrons. The van der Waals surface area contributed by atoms with E-state index in [0.29, 0.717) is 29.7 Å². The van der Waals surface area contributed by atoms with Crippen LogP contribution in [0.2, 0.25) is 0 Å². The van der Waals surface area contributed by atoms with Gasteiger partial charge in [0.1, 0.15) is 11.6 Å². The maximum Gasteiger partial charge on any atom is 0.230 e. The van der Waals surface area contributed by atoms with Crippen LogP contribution in [0.1, 0.15) is 42.5 Å². The van der Waals surface area contributed by atoms with Crippen LogP contribution in [0.4, 0.5) is 8.78 Å². The minimum atomic E-state index is -0.596. The standard InChI is InChI=1S/C15H17F2N3O/c16-11-5-4-9(13(17)7-11)6-14-19-15(21-20-14)12-3-1-2-10(12)8-18/h4-5,7,10,12H,1-3,6,8,18H2. The third-order valence-corrected chi connectivity index (χ3v) is 4.13. The Labute approximate surface area is 121 Å². The zero-order chi connectivity index (χ0) is 14.8. The molecule has 1 aromatic heterocycles. The van der Waals surface area contributed by atoms with Crippen LogP contribution in [0.15, 0.2) is 22.7 Å². The van der Waals surface area contributed by atoms with Crippen LogP contribution in [-0.2, 0) is 6.42 Å². The molecule has 3 rings (SSSR count). The zero-order valence-electron chi connectivity index (χ0n) is 11.6. The first-order chi connectivity index (χ1) is 10.2. The van der Waals surface area contributed by atoms with Crippen molar-refractivity contribution in [2.24, 2.45) is 11.7 Å². The molecule has 0 spiro atoms. The molecule has 2 aromatic rings. The Bertz CT molecular complexity index is 629. The fourth-order valence-corrected chi connectivity index (χ4v) is 2.97. The summed E-state index contributed by atoms with van der Waals surface area (Å²) in [6, 6.07) is 3.48. The third-order valence-electron chi connectivity index (χ3n) is 4.13. The second-order valence-electron chi connectivity index (χ2n) is 5.49. The molecule has 0 aliphatic heterocycles. The van der Waals surface area contributed by atoms with Crippen molar-refractivity contribution in [3.05, 3.63) is 47.1 Å². The van der Waals surface area contributed by atoms with Crippen molar-refractivity contribution in [3.63, 3.8) is 0 Å². The van der Waals surface area contributed by atoms with Crippen molar-refractivity contribution >= 4 is 0 Å². The quantitative estimate of drug-likeness (QED) is 0.941. The van der Waals surface area contributed by atoms with E-state index in [1.165, 1.54) is 12.1 Å². The summed E-state index contributed by atoms with van der Waals surface area (Å²) >= 11 is 0. The first-order valence-corrected chi connectivity index (χ1v) is 7.14. The second kappa shape index (κ2) is 5.89. The first-order valence-electron chi connectivity index (χ1n) is 7.14. The first kappa shape index (κ1) is 14.1. The third kappa shape index (κ3) is 2.95. The average Bonchev–Trinajstić information content (AvgIpc) is 3.10. The molecule has 1 heterocycles. The predicted octanol–water partition coefficient (Wildman–Crippen LogP) is 2.78. The molecule has 1 aromatic carbocycles. The molecule has 0 radical (unpaired) electrons. The number of nitrogens with zero attached hydrogens (tertiary/aromatic N) is 2. The van der Waals surface area contributed by atoms with Gasteiger partial charge in [-0.25, -0.2) is 8.78 Å². The molecule has 21 heavy (non-hydrogen) atoms. The fourth-order valence-electron chi connectivity index (χ4n) is 2.97. The molecule has 4 nitrogen and oxygen atoms in total. The summed E-state index contributed by atoms with van der Waals surface area (Å²) in [4.78, 5) is 4.36. The number of nitrogens with two attached hydrogens (primary N) is 1. The van der Waals surface area contributed by atoms with Crippen molar-refractivity contribution < 1.29 is 13.3 Å². The van der Waals surface area contributed by atoms with Gasteiger partial charge in [-0.15, -0.1) is 0 Å². The molecular formula is C15H17F2N3O. The Morgan fingerprint density at radius 2 is 2.14 bits per heavy atom. The molecule has 1 saturated carbocycles. The van der Waals surface area contributed by atoms with E-state index >= 15 is 0 Å². The summed E-state index contributed by atoms with van der Waals surface area (Å²) in [6.07, 6.45) is 3.37. The van der Waals surface area contributed by atoms with Crippen LogP contribution in [0.3, 0.4) is 0 Å². The molecule has 6 heteroatoms. The zero-order valence-corrected chi connectivity index (χ0v) is 11.6. The highest BCUT2D eigenvalue weighted by atomic mass is 19.1. The van der Waals surface area contributed by atoms with Crippen molar-refractivity contribution in [1.29, 1.82) is 0 Å². The molecular weight excluding hydrogens is 276 g/mol. The Hall–Kier alpha value is -1.82. The van der Waals surface area contributed by atoms with Crippen LogP contribution in [-0.4, -0.2) is 16.7 Å². The highest BCUT2D eigenvalue weighted by Crippen LogP contribution is 2.38. The fraction of sp³-hybridized carbons (Fsp3) is 0.467. The minimum Gasteiger partial charge on any atom is -0.339 e. The predicted molar refractivity (Wildman–Crippen MR) is 72.6 cm³/mol. The minimum absolute atomic E-state index is 0.190. The van der Waals surface area contributed by atoms with Crippen molar-refractivity contribution in [2.45, 2.75) is 31.6 Å². The van der Waals surface area contributed by atoms with E-state index in [-0.39, 0.29) is 12.3 Å². The molecule has 1 aliphatic carbocycles. The lowest BCUT2D eigenvalue weighted by Gasteiger charge is -2.12. The number of hydrogen-bond acceptors (Lipinski definition) is 4. The molecule has 1 fully saturated rings. The van der Waals surface area contributed by atoms with E-state index in [9.17, 15) is 8.78 Å². The average molecular weight is 293 g/mol. The Morgan fingerprint density at radius 3 is 2.90 bits per heavy atom. The second-order valence-corrected chi connectivity index (χ2v) is 5.49. The Kier molecular flexibility index (Phi) is 3.96. The number of hydrogen-bond donors (Lipinski definition) is 1. The van der Waals surface area contributed by atoms with E-state index < -0.39 is 11.6 Å². The molecule has 0 bridgehead atoms. The van der Waals surface area contributed by atoms with Gasteiger partial charge >= 0.3 is 0 Å². The molecule has 0 saturated heterocycles. The normalized spacial score (nSPS) is 21.9. The lowest BCUT2D eigenvalue weighted by atomic mass is 9.96. The van der Waals surface area contributed by atoms with Gasteiger partial charge in [0.25, 0.3) is 0 Å². The maximum absolute atomic E-state index is 13.6. The number of benzene rings is 1. The topological polar surface area (TPSA) is 64.9 Å². The summed E-state index contributed by atoms with van der Waals surface area (Å²) in [5.74, 6) is 0.387. The van der Waals surface area contributed by atoms with Gasteiger partial charge in [0.2, 0.25) is 5.89 Å². The van der Waals surface area contributed by atoms with Crippen LogP contribution in [0.25, 0.3) is 0 Å². The van der Waals surface area contributed by atoms with Crippen LogP contribution in [0, 0.1) is 17.6 Å². The van der Waals surface area contributed by atoms with Gasteiger partial charge in [-0.05, 0) is 36.9 Å². The van der Waals surface area contributed by atoms with Gasteiger partial charge in [-0.2, -0.15) is 4.98 Å². The van der Waals surface area contributed by atoms with Gasteiger partial charge in [0.15, 0.2) is 5.82 Å². The highest BCUT2D eigenvalue weighted by molar-refractivity contribution is 5.21. The summed E-state index contributed by atoms with van der Waals surface area (Å²) in [6.45, 7) is 0.606. The lowest BCUT2D eigenvalue weighted by Crippen LogP contribution is -2.17. The van der Waals surface area contributed by atoms with Gasteiger partial charge in [0, 0.05) is 18.4 Å². The maximum atomic E-state index is 13.6. The smallest absolute Gasteiger partial charge is 0.230 e. The molecule has 2 unspecified atom stereocenters. The molecule has 0 amide bonds. The van der Waals surface area contributed by atoms with E-state index in [4.69, 9.17) is 10.3 Å².